The van der Waals surface area contributed by atoms with Gasteiger partial charge in [-0.05, 0) is 44.4 Å². The van der Waals surface area contributed by atoms with Crippen molar-refractivity contribution in [3.05, 3.63) is 59.1 Å². The number of ether oxygens (including phenoxy) is 1. The zero-order valence-electron chi connectivity index (χ0n) is 20.5. The van der Waals surface area contributed by atoms with Crippen molar-refractivity contribution in [2.75, 3.05) is 7.05 Å². The lowest BCUT2D eigenvalue weighted by molar-refractivity contribution is -0.141. The van der Waals surface area contributed by atoms with Crippen LogP contribution in [-0.4, -0.2) is 51.7 Å². The van der Waals surface area contributed by atoms with Gasteiger partial charge in [0, 0.05) is 37.2 Å². The van der Waals surface area contributed by atoms with Crippen molar-refractivity contribution in [1.82, 2.24) is 20.2 Å². The summed E-state index contributed by atoms with van der Waals surface area (Å²) < 4.78 is 41.2. The Bertz CT molecular complexity index is 1530. The van der Waals surface area contributed by atoms with Crippen LogP contribution in [0.1, 0.15) is 51.3 Å². The number of aryl methyl sites for hydroxylation is 2. The van der Waals surface area contributed by atoms with Crippen LogP contribution in [-0.2, 0) is 0 Å². The predicted molar refractivity (Wildman–Crippen MR) is 130 cm³/mol. The van der Waals surface area contributed by atoms with Crippen LogP contribution < -0.4 is 15.4 Å². The monoisotopic (exact) mass is 512 g/mol. The van der Waals surface area contributed by atoms with Crippen LogP contribution in [0.2, 0.25) is 0 Å². The van der Waals surface area contributed by atoms with Crippen molar-refractivity contribution in [1.29, 1.82) is 0 Å². The van der Waals surface area contributed by atoms with E-state index >= 15 is 0 Å². The van der Waals surface area contributed by atoms with Gasteiger partial charge in [-0.3, -0.25) is 9.59 Å². The molecule has 1 fully saturated rings. The molecule has 2 atom stereocenters. The van der Waals surface area contributed by atoms with E-state index < -0.39 is 30.4 Å². The Kier molecular flexibility index (Phi) is 6.10. The van der Waals surface area contributed by atoms with Crippen molar-refractivity contribution in [3.8, 4) is 11.5 Å². The third kappa shape index (κ3) is 4.29. The zero-order chi connectivity index (χ0) is 26.5. The van der Waals surface area contributed by atoms with Crippen LogP contribution in [0.3, 0.4) is 0 Å². The van der Waals surface area contributed by atoms with E-state index in [1.54, 1.807) is 45.2 Å². The second kappa shape index (κ2) is 9.15. The van der Waals surface area contributed by atoms with Crippen molar-refractivity contribution < 1.29 is 32.6 Å². The highest BCUT2D eigenvalue weighted by Gasteiger charge is 2.46. The Labute approximate surface area is 210 Å². The first-order valence-corrected chi connectivity index (χ1v) is 11.9. The summed E-state index contributed by atoms with van der Waals surface area (Å²) in [6.45, 7) is 3.42. The summed E-state index contributed by atoms with van der Waals surface area (Å²) in [6, 6.07) is 5.70. The summed E-state index contributed by atoms with van der Waals surface area (Å²) in [5, 5.41) is 20.1. The van der Waals surface area contributed by atoms with Gasteiger partial charge in [-0.2, -0.15) is 5.10 Å². The summed E-state index contributed by atoms with van der Waals surface area (Å²) >= 11 is 0. The van der Waals surface area contributed by atoms with E-state index in [0.717, 1.165) is 0 Å². The van der Waals surface area contributed by atoms with Gasteiger partial charge in [0.25, 0.3) is 17.7 Å². The summed E-state index contributed by atoms with van der Waals surface area (Å²) in [6.07, 6.45) is 1.12. The molecule has 2 amide bonds. The Hall–Kier alpha value is -3.99. The minimum atomic E-state index is -3.24. The normalized spacial score (nSPS) is 19.2. The molecule has 1 aliphatic carbocycles. The lowest BCUT2D eigenvalue weighted by Gasteiger charge is -2.34. The molecule has 5 rings (SSSR count). The Morgan fingerprint density at radius 3 is 2.78 bits per heavy atom. The third-order valence-corrected chi connectivity index (χ3v) is 6.81. The van der Waals surface area contributed by atoms with Crippen LogP contribution in [0.4, 0.5) is 8.78 Å². The Morgan fingerprint density at radius 2 is 2.03 bits per heavy atom. The molecule has 4 aromatic rings. The lowest BCUT2D eigenvalue weighted by atomic mass is 9.89. The number of aromatic nitrogens is 2. The van der Waals surface area contributed by atoms with Gasteiger partial charge in [-0.25, -0.2) is 13.3 Å². The van der Waals surface area contributed by atoms with E-state index in [2.05, 4.69) is 15.7 Å². The smallest absolute Gasteiger partial charge is 0.275 e. The molecule has 0 aliphatic heterocycles. The largest absolute Gasteiger partial charge is 0.460 e. The van der Waals surface area contributed by atoms with E-state index in [1.807, 2.05) is 0 Å². The van der Waals surface area contributed by atoms with Gasteiger partial charge in [0.15, 0.2) is 5.75 Å². The van der Waals surface area contributed by atoms with E-state index in [0.29, 0.717) is 44.9 Å². The van der Waals surface area contributed by atoms with Crippen molar-refractivity contribution >= 4 is 28.3 Å². The topological polar surface area (TPSA) is 118 Å². The van der Waals surface area contributed by atoms with Crippen molar-refractivity contribution in [3.63, 3.8) is 0 Å². The third-order valence-electron chi connectivity index (χ3n) is 6.81. The van der Waals surface area contributed by atoms with Gasteiger partial charge >= 0.3 is 0 Å². The number of amides is 2. The van der Waals surface area contributed by atoms with Gasteiger partial charge in [0.05, 0.1) is 23.4 Å². The first kappa shape index (κ1) is 24.7. The standard InChI is InChI=1S/C26H26F2N4O5/c1-13-17(24(34)31-18-5-4-9-26(27,28)23(18)33)12-32-22(13)19(8-10-30-32)37-15-6-7-16-20(11-15)36-14(2)21(16)25(35)29-3/h6-8,10-12,18,23,33H,4-5,9H2,1-3H3,(H,29,35)(H,31,34). The SMILES string of the molecule is CNC(=O)c1c(C)oc2cc(Oc3ccnn4cc(C(=O)NC5CCCC(F)(F)C5O)c(C)c34)ccc12. The number of alkyl halides is 2. The first-order chi connectivity index (χ1) is 17.6. The fraction of sp³-hybridized carbons (Fsp3) is 0.346. The highest BCUT2D eigenvalue weighted by Crippen LogP contribution is 2.35. The van der Waals surface area contributed by atoms with E-state index in [-0.39, 0.29) is 24.3 Å². The average molecular weight is 513 g/mol. The van der Waals surface area contributed by atoms with Crippen LogP contribution in [0.5, 0.6) is 11.5 Å². The molecule has 0 bridgehead atoms. The predicted octanol–water partition coefficient (Wildman–Crippen LogP) is 4.13. The van der Waals surface area contributed by atoms with Gasteiger partial charge in [-0.15, -0.1) is 0 Å². The molecule has 0 saturated heterocycles. The molecule has 1 aromatic carbocycles. The van der Waals surface area contributed by atoms with Crippen molar-refractivity contribution in [2.24, 2.45) is 0 Å². The second-order valence-corrected chi connectivity index (χ2v) is 9.21. The molecule has 3 N–H and O–H groups in total. The molecular weight excluding hydrogens is 486 g/mol. The van der Waals surface area contributed by atoms with E-state index in [1.165, 1.54) is 16.9 Å². The Balaban J connectivity index is 1.44. The number of nitrogens with one attached hydrogen (secondary N) is 2. The maximum Gasteiger partial charge on any atom is 0.275 e. The number of nitrogens with zero attached hydrogens (tertiary/aromatic N) is 2. The summed E-state index contributed by atoms with van der Waals surface area (Å²) in [7, 11) is 1.55. The average Bonchev–Trinajstić information content (AvgIpc) is 3.37. The summed E-state index contributed by atoms with van der Waals surface area (Å²) in [5.74, 6) is -2.74. The first-order valence-electron chi connectivity index (χ1n) is 11.9. The molecule has 0 radical (unpaired) electrons. The summed E-state index contributed by atoms with van der Waals surface area (Å²) in [5.41, 5.74) is 2.22. The number of hydrogen-bond acceptors (Lipinski definition) is 6. The maximum absolute atomic E-state index is 13.9. The fourth-order valence-corrected chi connectivity index (χ4v) is 4.89. The number of fused-ring (bicyclic) bond motifs is 2. The zero-order valence-corrected chi connectivity index (χ0v) is 20.5. The molecule has 9 nitrogen and oxygen atoms in total. The molecule has 3 heterocycles. The van der Waals surface area contributed by atoms with Gasteiger partial charge < -0.3 is 24.9 Å². The fourth-order valence-electron chi connectivity index (χ4n) is 4.89. The summed E-state index contributed by atoms with van der Waals surface area (Å²) in [4.78, 5) is 25.2. The van der Waals surface area contributed by atoms with Gasteiger partial charge in [0.2, 0.25) is 0 Å². The van der Waals surface area contributed by atoms with Crippen LogP contribution in [0.15, 0.2) is 41.1 Å². The molecular formula is C26H26F2N4O5. The number of benzene rings is 1. The van der Waals surface area contributed by atoms with Crippen LogP contribution >= 0.6 is 0 Å². The molecule has 194 valence electrons. The number of halogens is 2. The van der Waals surface area contributed by atoms with Crippen LogP contribution in [0, 0.1) is 13.8 Å². The number of rotatable bonds is 5. The van der Waals surface area contributed by atoms with Gasteiger partial charge in [-0.1, -0.05) is 0 Å². The van der Waals surface area contributed by atoms with E-state index in [4.69, 9.17) is 9.15 Å². The molecule has 37 heavy (non-hydrogen) atoms. The number of hydrogen-bond donors (Lipinski definition) is 3. The molecule has 1 aliphatic rings. The highest BCUT2D eigenvalue weighted by molar-refractivity contribution is 6.07. The highest BCUT2D eigenvalue weighted by atomic mass is 19.3. The van der Waals surface area contributed by atoms with E-state index in [9.17, 15) is 23.5 Å². The minimum Gasteiger partial charge on any atom is -0.460 e. The Morgan fingerprint density at radius 1 is 1.24 bits per heavy atom. The number of aliphatic hydroxyl groups is 1. The molecule has 2 unspecified atom stereocenters. The number of carbonyl (C=O) groups is 2. The quantitative estimate of drug-likeness (QED) is 0.370. The number of aliphatic hydroxyl groups excluding tert-OH is 1. The molecule has 1 saturated carbocycles. The number of furan rings is 1. The lowest BCUT2D eigenvalue weighted by Crippen LogP contribution is -2.54. The number of carbonyl (C=O) groups excluding carboxylic acids is 2. The minimum absolute atomic E-state index is 0.204. The molecule has 3 aromatic heterocycles. The second-order valence-electron chi connectivity index (χ2n) is 9.21. The molecule has 0 spiro atoms. The van der Waals surface area contributed by atoms with Crippen LogP contribution in [0.25, 0.3) is 16.5 Å². The maximum atomic E-state index is 13.9. The van der Waals surface area contributed by atoms with Crippen molar-refractivity contribution in [2.45, 2.75) is 51.2 Å². The van der Waals surface area contributed by atoms with Gasteiger partial charge in [0.1, 0.15) is 28.7 Å². The molecule has 11 heteroatoms.